The van der Waals surface area contributed by atoms with Gasteiger partial charge in [0.15, 0.2) is 0 Å². The number of rotatable bonds is 8. The molecule has 0 saturated heterocycles. The van der Waals surface area contributed by atoms with Crippen LogP contribution in [0.2, 0.25) is 0 Å². The van der Waals surface area contributed by atoms with E-state index in [0.29, 0.717) is 36.3 Å². The molecule has 1 aromatic heterocycles. The van der Waals surface area contributed by atoms with Gasteiger partial charge in [0, 0.05) is 44.2 Å². The largest absolute Gasteiger partial charge is 0.366 e. The van der Waals surface area contributed by atoms with E-state index in [1.54, 1.807) is 19.3 Å². The fraction of sp³-hybridized carbons (Fsp3) is 0.286. The number of nitro groups is 1. The van der Waals surface area contributed by atoms with E-state index in [0.717, 1.165) is 5.56 Å². The van der Waals surface area contributed by atoms with Crippen LogP contribution in [0.4, 0.5) is 5.69 Å². The summed E-state index contributed by atoms with van der Waals surface area (Å²) >= 11 is 0. The number of nitro benzene ring substituents is 1. The van der Waals surface area contributed by atoms with E-state index in [4.69, 9.17) is 0 Å². The number of hydrogen-bond acceptors (Lipinski definition) is 6. The highest BCUT2D eigenvalue weighted by atomic mass is 16.6. The Bertz CT molecular complexity index is 954. The zero-order valence-corrected chi connectivity index (χ0v) is 16.4. The minimum absolute atomic E-state index is 0.0648. The molecular weight excluding hydrogens is 372 g/mol. The molecule has 0 fully saturated rings. The van der Waals surface area contributed by atoms with Crippen molar-refractivity contribution in [3.05, 3.63) is 75.7 Å². The molecule has 1 aliphatic rings. The Kier molecular flexibility index (Phi) is 6.01. The lowest BCUT2D eigenvalue weighted by Gasteiger charge is -2.24. The molecule has 0 unspecified atom stereocenters. The molecule has 8 nitrogen and oxygen atoms in total. The molecule has 2 heterocycles. The number of carbonyl (C=O) groups excluding carboxylic acids is 2. The van der Waals surface area contributed by atoms with Gasteiger partial charge in [-0.2, -0.15) is 0 Å². The van der Waals surface area contributed by atoms with E-state index in [1.165, 1.54) is 29.2 Å². The zero-order valence-electron chi connectivity index (χ0n) is 16.4. The van der Waals surface area contributed by atoms with Crippen molar-refractivity contribution in [2.45, 2.75) is 20.3 Å². The Labute approximate surface area is 168 Å². The van der Waals surface area contributed by atoms with Crippen molar-refractivity contribution in [1.82, 2.24) is 14.8 Å². The number of likely N-dealkylation sites (N-methyl/N-ethyl adjacent to an activating group) is 2. The second-order valence-corrected chi connectivity index (χ2v) is 6.57. The van der Waals surface area contributed by atoms with Gasteiger partial charge < -0.3 is 4.90 Å². The van der Waals surface area contributed by atoms with Crippen LogP contribution in [0.3, 0.4) is 0 Å². The highest BCUT2D eigenvalue weighted by Gasteiger charge is 2.40. The van der Waals surface area contributed by atoms with Crippen LogP contribution in [-0.2, 0) is 16.0 Å². The highest BCUT2D eigenvalue weighted by Crippen LogP contribution is 2.32. The van der Waals surface area contributed by atoms with Crippen molar-refractivity contribution < 1.29 is 14.5 Å². The van der Waals surface area contributed by atoms with Crippen LogP contribution in [0.15, 0.2) is 54.5 Å². The third kappa shape index (κ3) is 4.01. The van der Waals surface area contributed by atoms with E-state index in [-0.39, 0.29) is 24.0 Å². The van der Waals surface area contributed by atoms with Crippen LogP contribution < -0.4 is 0 Å². The lowest BCUT2D eigenvalue weighted by atomic mass is 10.0. The second-order valence-electron chi connectivity index (χ2n) is 6.57. The van der Waals surface area contributed by atoms with Crippen LogP contribution in [0, 0.1) is 10.1 Å². The summed E-state index contributed by atoms with van der Waals surface area (Å²) in [6.45, 7) is 5.05. The summed E-state index contributed by atoms with van der Waals surface area (Å²) in [5.74, 6) is -0.703. The predicted molar refractivity (Wildman–Crippen MR) is 108 cm³/mol. The first kappa shape index (κ1) is 20.2. The van der Waals surface area contributed by atoms with E-state index in [2.05, 4.69) is 4.98 Å². The number of imide groups is 1. The molecule has 1 aromatic carbocycles. The summed E-state index contributed by atoms with van der Waals surface area (Å²) in [6, 6.07) is 9.57. The molecule has 3 rings (SSSR count). The van der Waals surface area contributed by atoms with Gasteiger partial charge in [0.2, 0.25) is 0 Å². The standard InChI is InChI=1S/C21H22N4O4/c1-3-23(14-11-15-9-12-22-13-10-15)19-18(20(26)24(4-2)21(19)27)16-5-7-17(8-6-16)25(28)29/h5-10,12-13H,3-4,11,14H2,1-2H3. The number of aromatic nitrogens is 1. The Hall–Kier alpha value is -3.55. The van der Waals surface area contributed by atoms with Gasteiger partial charge in [-0.1, -0.05) is 0 Å². The molecule has 2 amide bonds. The molecule has 29 heavy (non-hydrogen) atoms. The van der Waals surface area contributed by atoms with Crippen molar-refractivity contribution in [2.24, 2.45) is 0 Å². The number of carbonyl (C=O) groups is 2. The van der Waals surface area contributed by atoms with Gasteiger partial charge in [-0.25, -0.2) is 0 Å². The van der Waals surface area contributed by atoms with Crippen LogP contribution in [0.25, 0.3) is 5.57 Å². The lowest BCUT2D eigenvalue weighted by molar-refractivity contribution is -0.384. The summed E-state index contributed by atoms with van der Waals surface area (Å²) in [5, 5.41) is 10.9. The Morgan fingerprint density at radius 3 is 2.24 bits per heavy atom. The first-order valence-corrected chi connectivity index (χ1v) is 9.47. The molecule has 0 bridgehead atoms. The number of hydrogen-bond donors (Lipinski definition) is 0. The summed E-state index contributed by atoms with van der Waals surface area (Å²) in [7, 11) is 0. The van der Waals surface area contributed by atoms with E-state index >= 15 is 0 Å². The second kappa shape index (κ2) is 8.64. The Morgan fingerprint density at radius 1 is 1.03 bits per heavy atom. The molecule has 2 aromatic rings. The number of non-ortho nitro benzene ring substituents is 1. The maximum absolute atomic E-state index is 13.0. The number of pyridine rings is 1. The van der Waals surface area contributed by atoms with Crippen molar-refractivity contribution >= 4 is 23.1 Å². The monoisotopic (exact) mass is 394 g/mol. The predicted octanol–water partition coefficient (Wildman–Crippen LogP) is 2.65. The third-order valence-corrected chi connectivity index (χ3v) is 4.94. The van der Waals surface area contributed by atoms with Gasteiger partial charge >= 0.3 is 0 Å². The van der Waals surface area contributed by atoms with Crippen LogP contribution >= 0.6 is 0 Å². The first-order chi connectivity index (χ1) is 14.0. The number of benzene rings is 1. The molecule has 0 N–H and O–H groups in total. The fourth-order valence-electron chi connectivity index (χ4n) is 3.40. The molecular formula is C21H22N4O4. The molecule has 0 saturated carbocycles. The fourth-order valence-corrected chi connectivity index (χ4v) is 3.40. The first-order valence-electron chi connectivity index (χ1n) is 9.47. The topological polar surface area (TPSA) is 96.7 Å². The van der Waals surface area contributed by atoms with Gasteiger partial charge in [-0.05, 0) is 55.7 Å². The van der Waals surface area contributed by atoms with Gasteiger partial charge in [0.25, 0.3) is 17.5 Å². The summed E-state index contributed by atoms with van der Waals surface area (Å²) in [5.41, 5.74) is 2.16. The van der Waals surface area contributed by atoms with Gasteiger partial charge in [0.1, 0.15) is 5.70 Å². The SMILES string of the molecule is CCN(CCc1ccncc1)C1=C(c2ccc([N+](=O)[O-])cc2)C(=O)N(CC)C1=O. The van der Waals surface area contributed by atoms with Crippen LogP contribution in [0.5, 0.6) is 0 Å². The lowest BCUT2D eigenvalue weighted by Crippen LogP contribution is -2.35. The number of amides is 2. The Morgan fingerprint density at radius 2 is 1.69 bits per heavy atom. The minimum Gasteiger partial charge on any atom is -0.366 e. The molecule has 0 spiro atoms. The summed E-state index contributed by atoms with van der Waals surface area (Å²) in [6.07, 6.45) is 4.13. The Balaban J connectivity index is 1.99. The summed E-state index contributed by atoms with van der Waals surface area (Å²) in [4.78, 5) is 43.5. The molecule has 1 aliphatic heterocycles. The molecule has 150 valence electrons. The molecule has 0 radical (unpaired) electrons. The van der Waals surface area contributed by atoms with Gasteiger partial charge in [0.05, 0.1) is 10.5 Å². The van der Waals surface area contributed by atoms with Gasteiger partial charge in [-0.3, -0.25) is 29.6 Å². The summed E-state index contributed by atoms with van der Waals surface area (Å²) < 4.78 is 0. The smallest absolute Gasteiger partial charge is 0.277 e. The van der Waals surface area contributed by atoms with E-state index < -0.39 is 4.92 Å². The van der Waals surface area contributed by atoms with Crippen LogP contribution in [0.1, 0.15) is 25.0 Å². The van der Waals surface area contributed by atoms with Gasteiger partial charge in [-0.15, -0.1) is 0 Å². The highest BCUT2D eigenvalue weighted by molar-refractivity contribution is 6.35. The van der Waals surface area contributed by atoms with Crippen molar-refractivity contribution in [2.75, 3.05) is 19.6 Å². The van der Waals surface area contributed by atoms with Crippen molar-refractivity contribution in [3.8, 4) is 0 Å². The normalized spacial score (nSPS) is 13.9. The molecule has 0 aliphatic carbocycles. The zero-order chi connectivity index (χ0) is 21.0. The minimum atomic E-state index is -0.494. The maximum atomic E-state index is 13.0. The van der Waals surface area contributed by atoms with Crippen LogP contribution in [-0.4, -0.2) is 51.2 Å². The van der Waals surface area contributed by atoms with E-state index in [9.17, 15) is 19.7 Å². The quantitative estimate of drug-likeness (QED) is 0.388. The third-order valence-electron chi connectivity index (χ3n) is 4.94. The average Bonchev–Trinajstić information content (AvgIpc) is 2.99. The van der Waals surface area contributed by atoms with Crippen molar-refractivity contribution in [3.63, 3.8) is 0 Å². The number of nitrogens with zero attached hydrogens (tertiary/aromatic N) is 4. The van der Waals surface area contributed by atoms with E-state index in [1.807, 2.05) is 24.0 Å². The average molecular weight is 394 g/mol. The van der Waals surface area contributed by atoms with Crippen molar-refractivity contribution in [1.29, 1.82) is 0 Å². The maximum Gasteiger partial charge on any atom is 0.277 e. The molecule has 0 atom stereocenters. The molecule has 8 heteroatoms.